The number of hydrogen-bond acceptors (Lipinski definition) is 9. The number of carbonyl (C=O) groups is 4. The standard InChI is InChI=1S/C23H31N3O8/c1-4-31-21(28)17(24)10-11-20(27)26-19(22(29)33-14(3)34-23(30)32-5-2)12-15-13-25-18-9-7-6-8-16(15)18/h6-9,13-14,17,19,25H,4-5,10-12,24H2,1-3H3,(H,26,27)/t14?,17-,19?/m1/s1. The van der Waals surface area contributed by atoms with Crippen LogP contribution in [0.15, 0.2) is 30.5 Å². The molecule has 0 radical (unpaired) electrons. The van der Waals surface area contributed by atoms with E-state index >= 15 is 0 Å². The van der Waals surface area contributed by atoms with E-state index in [1.165, 1.54) is 6.92 Å². The first-order valence-electron chi connectivity index (χ1n) is 11.1. The van der Waals surface area contributed by atoms with Crippen molar-refractivity contribution in [3.05, 3.63) is 36.0 Å². The molecule has 0 spiro atoms. The van der Waals surface area contributed by atoms with Gasteiger partial charge in [-0.3, -0.25) is 9.59 Å². The Morgan fingerprint density at radius 3 is 2.44 bits per heavy atom. The highest BCUT2D eigenvalue weighted by Crippen LogP contribution is 2.20. The lowest BCUT2D eigenvalue weighted by Crippen LogP contribution is -2.45. The van der Waals surface area contributed by atoms with Gasteiger partial charge < -0.3 is 35.0 Å². The fourth-order valence-corrected chi connectivity index (χ4v) is 3.19. The largest absolute Gasteiger partial charge is 0.511 e. The quantitative estimate of drug-likeness (QED) is 0.236. The number of aromatic amines is 1. The van der Waals surface area contributed by atoms with Crippen molar-refractivity contribution in [1.29, 1.82) is 0 Å². The second kappa shape index (κ2) is 13.2. The van der Waals surface area contributed by atoms with Crippen LogP contribution < -0.4 is 11.1 Å². The van der Waals surface area contributed by atoms with Gasteiger partial charge in [0, 0.05) is 36.9 Å². The maximum atomic E-state index is 12.8. The first-order chi connectivity index (χ1) is 16.2. The number of fused-ring (bicyclic) bond motifs is 1. The summed E-state index contributed by atoms with van der Waals surface area (Å²) in [7, 11) is 0. The van der Waals surface area contributed by atoms with Crippen LogP contribution in [0.25, 0.3) is 10.9 Å². The Kier molecular flexibility index (Phi) is 10.3. The molecule has 1 heterocycles. The van der Waals surface area contributed by atoms with Crippen LogP contribution in [0, 0.1) is 0 Å². The minimum atomic E-state index is -1.23. The lowest BCUT2D eigenvalue weighted by Gasteiger charge is -2.20. The molecule has 0 aliphatic heterocycles. The van der Waals surface area contributed by atoms with Gasteiger partial charge in [-0.15, -0.1) is 0 Å². The second-order valence-electron chi connectivity index (χ2n) is 7.39. The molecule has 1 aromatic heterocycles. The first kappa shape index (κ1) is 26.7. The number of benzene rings is 1. The number of esters is 2. The van der Waals surface area contributed by atoms with E-state index in [0.717, 1.165) is 16.5 Å². The van der Waals surface area contributed by atoms with Gasteiger partial charge in [0.1, 0.15) is 12.1 Å². The van der Waals surface area contributed by atoms with Crippen LogP contribution in [-0.4, -0.2) is 60.6 Å². The predicted octanol–water partition coefficient (Wildman–Crippen LogP) is 1.93. The van der Waals surface area contributed by atoms with E-state index < -0.39 is 42.4 Å². The number of rotatable bonds is 12. The number of aromatic nitrogens is 1. The monoisotopic (exact) mass is 477 g/mol. The van der Waals surface area contributed by atoms with Gasteiger partial charge in [-0.1, -0.05) is 18.2 Å². The van der Waals surface area contributed by atoms with Gasteiger partial charge >= 0.3 is 18.1 Å². The van der Waals surface area contributed by atoms with E-state index in [1.54, 1.807) is 20.0 Å². The molecule has 11 heteroatoms. The Balaban J connectivity index is 2.08. The van der Waals surface area contributed by atoms with E-state index in [-0.39, 0.29) is 32.5 Å². The molecule has 1 amide bonds. The minimum Gasteiger partial charge on any atom is -0.465 e. The van der Waals surface area contributed by atoms with E-state index in [4.69, 9.17) is 19.9 Å². The van der Waals surface area contributed by atoms with Gasteiger partial charge in [0.2, 0.25) is 12.2 Å². The highest BCUT2D eigenvalue weighted by Gasteiger charge is 2.27. The molecule has 34 heavy (non-hydrogen) atoms. The van der Waals surface area contributed by atoms with Gasteiger partial charge in [-0.2, -0.15) is 0 Å². The molecule has 2 aromatic rings. The summed E-state index contributed by atoms with van der Waals surface area (Å²) in [6.07, 6.45) is -0.412. The molecule has 0 saturated heterocycles. The maximum absolute atomic E-state index is 12.8. The lowest BCUT2D eigenvalue weighted by atomic mass is 10.0. The van der Waals surface area contributed by atoms with Crippen LogP contribution in [0.2, 0.25) is 0 Å². The minimum absolute atomic E-state index is 0.0435. The highest BCUT2D eigenvalue weighted by atomic mass is 16.8. The van der Waals surface area contributed by atoms with Crippen molar-refractivity contribution in [2.75, 3.05) is 13.2 Å². The van der Waals surface area contributed by atoms with Gasteiger partial charge in [-0.25, -0.2) is 9.59 Å². The Bertz CT molecular complexity index is 990. The van der Waals surface area contributed by atoms with Gasteiger partial charge in [0.05, 0.1) is 13.2 Å². The third-order valence-corrected chi connectivity index (χ3v) is 4.80. The molecule has 2 unspecified atom stereocenters. The van der Waals surface area contributed by atoms with Crippen molar-refractivity contribution in [2.24, 2.45) is 5.73 Å². The van der Waals surface area contributed by atoms with Gasteiger partial charge in [0.25, 0.3) is 0 Å². The molecule has 4 N–H and O–H groups in total. The van der Waals surface area contributed by atoms with Gasteiger partial charge in [0.15, 0.2) is 0 Å². The molecule has 1 aromatic carbocycles. The van der Waals surface area contributed by atoms with Crippen molar-refractivity contribution < 1.29 is 38.1 Å². The van der Waals surface area contributed by atoms with Crippen LogP contribution in [0.5, 0.6) is 0 Å². The van der Waals surface area contributed by atoms with Crippen LogP contribution in [0.1, 0.15) is 39.2 Å². The summed E-state index contributed by atoms with van der Waals surface area (Å²) in [5.74, 6) is -1.90. The van der Waals surface area contributed by atoms with Crippen molar-refractivity contribution >= 4 is 34.9 Å². The SMILES string of the molecule is CCOC(=O)OC(C)OC(=O)C(Cc1c[nH]c2ccccc12)NC(=O)CC[C@@H](N)C(=O)OCC. The molecule has 3 atom stereocenters. The van der Waals surface area contributed by atoms with Crippen LogP contribution >= 0.6 is 0 Å². The van der Waals surface area contributed by atoms with Crippen molar-refractivity contribution in [3.8, 4) is 0 Å². The topological polar surface area (TPSA) is 159 Å². The highest BCUT2D eigenvalue weighted by molar-refractivity contribution is 5.87. The summed E-state index contributed by atoms with van der Waals surface area (Å²) in [4.78, 5) is 51.6. The molecule has 186 valence electrons. The summed E-state index contributed by atoms with van der Waals surface area (Å²) in [6, 6.07) is 5.46. The molecule has 0 bridgehead atoms. The smallest absolute Gasteiger partial charge is 0.465 e. The number of amides is 1. The number of carbonyl (C=O) groups excluding carboxylic acids is 4. The Labute approximate surface area is 197 Å². The summed E-state index contributed by atoms with van der Waals surface area (Å²) in [6.45, 7) is 4.91. The third-order valence-electron chi connectivity index (χ3n) is 4.80. The molecular formula is C23H31N3O8. The number of para-hydroxylation sites is 1. The van der Waals surface area contributed by atoms with E-state index in [1.807, 2.05) is 24.3 Å². The Morgan fingerprint density at radius 2 is 1.74 bits per heavy atom. The summed E-state index contributed by atoms with van der Waals surface area (Å²) in [5.41, 5.74) is 7.39. The van der Waals surface area contributed by atoms with Crippen molar-refractivity contribution in [3.63, 3.8) is 0 Å². The number of nitrogens with one attached hydrogen (secondary N) is 2. The average Bonchev–Trinajstić information content (AvgIpc) is 3.20. The molecule has 0 saturated carbocycles. The zero-order chi connectivity index (χ0) is 25.1. The number of hydrogen-bond donors (Lipinski definition) is 3. The molecule has 11 nitrogen and oxygen atoms in total. The zero-order valence-corrected chi connectivity index (χ0v) is 19.5. The van der Waals surface area contributed by atoms with Crippen molar-refractivity contribution in [2.45, 2.75) is 58.4 Å². The third kappa shape index (κ3) is 8.07. The Hall–Kier alpha value is -3.60. The van der Waals surface area contributed by atoms with Crippen molar-refractivity contribution in [1.82, 2.24) is 10.3 Å². The van der Waals surface area contributed by atoms with Gasteiger partial charge in [-0.05, 0) is 31.9 Å². The average molecular weight is 478 g/mol. The summed E-state index contributed by atoms with van der Waals surface area (Å²) >= 11 is 0. The van der Waals surface area contributed by atoms with E-state index in [2.05, 4.69) is 15.0 Å². The number of ether oxygens (including phenoxy) is 4. The maximum Gasteiger partial charge on any atom is 0.511 e. The fraction of sp³-hybridized carbons (Fsp3) is 0.478. The summed E-state index contributed by atoms with van der Waals surface area (Å²) in [5, 5.41) is 3.51. The lowest BCUT2D eigenvalue weighted by molar-refractivity contribution is -0.171. The molecule has 2 rings (SSSR count). The van der Waals surface area contributed by atoms with Crippen LogP contribution in [0.4, 0.5) is 4.79 Å². The van der Waals surface area contributed by atoms with E-state index in [9.17, 15) is 19.2 Å². The zero-order valence-electron chi connectivity index (χ0n) is 19.5. The molecule has 0 aliphatic carbocycles. The molecular weight excluding hydrogens is 446 g/mol. The number of H-pyrrole nitrogens is 1. The predicted molar refractivity (Wildman–Crippen MR) is 121 cm³/mol. The van der Waals surface area contributed by atoms with Crippen LogP contribution in [-0.2, 0) is 39.8 Å². The first-order valence-corrected chi connectivity index (χ1v) is 11.1. The molecule has 0 fully saturated rings. The normalized spacial score (nSPS) is 13.4. The fourth-order valence-electron chi connectivity index (χ4n) is 3.19. The Morgan fingerprint density at radius 1 is 1.03 bits per heavy atom. The van der Waals surface area contributed by atoms with Crippen LogP contribution in [0.3, 0.4) is 0 Å². The second-order valence-corrected chi connectivity index (χ2v) is 7.39. The number of nitrogens with two attached hydrogens (primary N) is 1. The van der Waals surface area contributed by atoms with E-state index in [0.29, 0.717) is 0 Å². The summed E-state index contributed by atoms with van der Waals surface area (Å²) < 4.78 is 19.6. The molecule has 0 aliphatic rings.